The van der Waals surface area contributed by atoms with Crippen molar-refractivity contribution < 1.29 is 8.42 Å². The van der Waals surface area contributed by atoms with Gasteiger partial charge in [-0.05, 0) is 51.9 Å². The molecule has 0 aromatic carbocycles. The molecule has 126 valence electrons. The van der Waals surface area contributed by atoms with Crippen molar-refractivity contribution in [3.8, 4) is 0 Å². The molecule has 0 saturated carbocycles. The van der Waals surface area contributed by atoms with E-state index < -0.39 is 10.2 Å². The van der Waals surface area contributed by atoms with Crippen molar-refractivity contribution in [1.82, 2.24) is 19.2 Å². The van der Waals surface area contributed by atoms with E-state index in [-0.39, 0.29) is 0 Å². The Kier molecular flexibility index (Phi) is 9.42. The lowest BCUT2D eigenvalue weighted by molar-refractivity contribution is 0.232. The predicted molar refractivity (Wildman–Crippen MR) is 87.6 cm³/mol. The number of nitrogens with zero attached hydrogens (tertiary/aromatic N) is 2. The van der Waals surface area contributed by atoms with E-state index in [2.05, 4.69) is 21.9 Å². The van der Waals surface area contributed by atoms with Gasteiger partial charge in [0, 0.05) is 26.7 Å². The number of piperidine rings is 1. The van der Waals surface area contributed by atoms with Gasteiger partial charge in [0.1, 0.15) is 0 Å². The highest BCUT2D eigenvalue weighted by molar-refractivity contribution is 7.87. The highest BCUT2D eigenvalue weighted by Gasteiger charge is 2.17. The van der Waals surface area contributed by atoms with Crippen molar-refractivity contribution in [2.45, 2.75) is 39.0 Å². The molecule has 0 radical (unpaired) electrons. The molecule has 1 saturated heterocycles. The van der Waals surface area contributed by atoms with Crippen LogP contribution in [0.3, 0.4) is 0 Å². The molecule has 0 aliphatic carbocycles. The molecular weight excluding hydrogens is 288 g/mol. The van der Waals surface area contributed by atoms with Crippen LogP contribution in [0.2, 0.25) is 0 Å². The van der Waals surface area contributed by atoms with Gasteiger partial charge in [0.15, 0.2) is 0 Å². The van der Waals surface area contributed by atoms with Gasteiger partial charge in [0.05, 0.1) is 0 Å². The topological polar surface area (TPSA) is 64.7 Å². The molecule has 7 heteroatoms. The van der Waals surface area contributed by atoms with Gasteiger partial charge in [-0.2, -0.15) is 12.7 Å². The summed E-state index contributed by atoms with van der Waals surface area (Å²) in [7, 11) is -1.68. The van der Waals surface area contributed by atoms with Gasteiger partial charge < -0.3 is 10.2 Å². The largest absolute Gasteiger partial charge is 0.317 e. The zero-order chi connectivity index (χ0) is 15.6. The molecule has 1 heterocycles. The Morgan fingerprint density at radius 3 is 2.48 bits per heavy atom. The van der Waals surface area contributed by atoms with Gasteiger partial charge >= 0.3 is 0 Å². The van der Waals surface area contributed by atoms with Crippen LogP contribution in [0, 0.1) is 0 Å². The molecule has 0 bridgehead atoms. The average molecular weight is 321 g/mol. The van der Waals surface area contributed by atoms with Crippen LogP contribution in [0.1, 0.15) is 39.0 Å². The van der Waals surface area contributed by atoms with Crippen LogP contribution in [-0.4, -0.2) is 70.5 Å². The highest BCUT2D eigenvalue weighted by atomic mass is 32.2. The van der Waals surface area contributed by atoms with Crippen LogP contribution in [0.4, 0.5) is 0 Å². The minimum Gasteiger partial charge on any atom is -0.317 e. The summed E-state index contributed by atoms with van der Waals surface area (Å²) >= 11 is 0. The summed E-state index contributed by atoms with van der Waals surface area (Å²) in [5.41, 5.74) is 0. The van der Waals surface area contributed by atoms with Crippen LogP contribution in [-0.2, 0) is 10.2 Å². The average Bonchev–Trinajstić information content (AvgIpc) is 2.47. The molecule has 21 heavy (non-hydrogen) atoms. The van der Waals surface area contributed by atoms with Crippen LogP contribution < -0.4 is 10.0 Å². The summed E-state index contributed by atoms with van der Waals surface area (Å²) in [6.45, 7) is 8.03. The quantitative estimate of drug-likeness (QED) is 0.548. The number of hydrogen-bond donors (Lipinski definition) is 2. The number of nitrogens with one attached hydrogen (secondary N) is 2. The summed E-state index contributed by atoms with van der Waals surface area (Å²) in [6, 6.07) is 0. The first-order chi connectivity index (χ1) is 10.1. The number of hydrogen-bond acceptors (Lipinski definition) is 4. The first-order valence-electron chi connectivity index (χ1n) is 8.20. The van der Waals surface area contributed by atoms with E-state index in [1.807, 2.05) is 0 Å². The van der Waals surface area contributed by atoms with Gasteiger partial charge in [-0.1, -0.05) is 13.3 Å². The Hall–Kier alpha value is -0.210. The molecule has 2 N–H and O–H groups in total. The second kappa shape index (κ2) is 10.5. The third-order valence-corrected chi connectivity index (χ3v) is 5.40. The normalized spacial score (nSPS) is 17.5. The lowest BCUT2D eigenvalue weighted by Crippen LogP contribution is -2.43. The van der Waals surface area contributed by atoms with E-state index in [4.69, 9.17) is 0 Å². The summed E-state index contributed by atoms with van der Waals surface area (Å²) in [5, 5.41) is 3.28. The SMILES string of the molecule is CCCNCCCN(C)S(=O)(=O)NCCN1CCCCC1. The maximum absolute atomic E-state index is 12.1. The third kappa shape index (κ3) is 8.11. The highest BCUT2D eigenvalue weighted by Crippen LogP contribution is 2.07. The van der Waals surface area contributed by atoms with Gasteiger partial charge in [0.2, 0.25) is 0 Å². The maximum Gasteiger partial charge on any atom is 0.279 e. The Labute approximate surface area is 130 Å². The van der Waals surface area contributed by atoms with Crippen molar-refractivity contribution in [1.29, 1.82) is 0 Å². The molecule has 0 aromatic rings. The van der Waals surface area contributed by atoms with Crippen molar-refractivity contribution in [2.24, 2.45) is 0 Å². The zero-order valence-electron chi connectivity index (χ0n) is 13.6. The standard InChI is InChI=1S/C14H32N4O2S/c1-3-8-15-9-7-11-17(2)21(19,20)16-10-14-18-12-5-4-6-13-18/h15-16H,3-14H2,1-2H3. The van der Waals surface area contributed by atoms with Crippen molar-refractivity contribution >= 4 is 10.2 Å². The van der Waals surface area contributed by atoms with Crippen LogP contribution in [0.5, 0.6) is 0 Å². The van der Waals surface area contributed by atoms with Crippen LogP contribution in [0.15, 0.2) is 0 Å². The number of rotatable bonds is 11. The fourth-order valence-electron chi connectivity index (χ4n) is 2.47. The summed E-state index contributed by atoms with van der Waals surface area (Å²) < 4.78 is 28.2. The molecule has 1 aliphatic heterocycles. The predicted octanol–water partition coefficient (Wildman–Crippen LogP) is 0.628. The summed E-state index contributed by atoms with van der Waals surface area (Å²) in [6.07, 6.45) is 5.71. The fourth-order valence-corrected chi connectivity index (χ4v) is 3.41. The van der Waals surface area contributed by atoms with E-state index in [1.54, 1.807) is 7.05 Å². The lowest BCUT2D eigenvalue weighted by Gasteiger charge is -2.26. The summed E-state index contributed by atoms with van der Waals surface area (Å²) in [4.78, 5) is 2.33. The molecule has 1 aliphatic rings. The lowest BCUT2D eigenvalue weighted by atomic mass is 10.1. The molecule has 0 amide bonds. The van der Waals surface area contributed by atoms with Crippen molar-refractivity contribution in [3.05, 3.63) is 0 Å². The number of likely N-dealkylation sites (tertiary alicyclic amines) is 1. The first kappa shape index (κ1) is 18.8. The summed E-state index contributed by atoms with van der Waals surface area (Å²) in [5.74, 6) is 0. The molecule has 0 atom stereocenters. The Morgan fingerprint density at radius 1 is 1.10 bits per heavy atom. The Bertz CT molecular complexity index is 356. The molecule has 0 spiro atoms. The fraction of sp³-hybridized carbons (Fsp3) is 1.00. The van der Waals surface area contributed by atoms with Gasteiger partial charge in [-0.25, -0.2) is 4.72 Å². The minimum atomic E-state index is -3.32. The molecule has 6 nitrogen and oxygen atoms in total. The van der Waals surface area contributed by atoms with Gasteiger partial charge in [-0.15, -0.1) is 0 Å². The smallest absolute Gasteiger partial charge is 0.279 e. The third-order valence-electron chi connectivity index (χ3n) is 3.82. The molecular formula is C14H32N4O2S. The molecule has 0 aromatic heterocycles. The van der Waals surface area contributed by atoms with Gasteiger partial charge in [-0.3, -0.25) is 0 Å². The van der Waals surface area contributed by atoms with E-state index in [9.17, 15) is 8.42 Å². The van der Waals surface area contributed by atoms with E-state index >= 15 is 0 Å². The van der Waals surface area contributed by atoms with E-state index in [0.717, 1.165) is 45.6 Å². The van der Waals surface area contributed by atoms with E-state index in [1.165, 1.54) is 23.6 Å². The molecule has 1 rings (SSSR count). The van der Waals surface area contributed by atoms with Crippen molar-refractivity contribution in [2.75, 3.05) is 52.9 Å². The Morgan fingerprint density at radius 2 is 1.81 bits per heavy atom. The van der Waals surface area contributed by atoms with Crippen molar-refractivity contribution in [3.63, 3.8) is 0 Å². The van der Waals surface area contributed by atoms with E-state index in [0.29, 0.717) is 13.1 Å². The zero-order valence-corrected chi connectivity index (χ0v) is 14.4. The second-order valence-corrected chi connectivity index (χ2v) is 7.59. The monoisotopic (exact) mass is 320 g/mol. The molecule has 1 fully saturated rings. The first-order valence-corrected chi connectivity index (χ1v) is 9.64. The van der Waals surface area contributed by atoms with Crippen LogP contribution in [0.25, 0.3) is 0 Å². The Balaban J connectivity index is 2.15. The second-order valence-electron chi connectivity index (χ2n) is 5.73. The minimum absolute atomic E-state index is 0.501. The van der Waals surface area contributed by atoms with Gasteiger partial charge in [0.25, 0.3) is 10.2 Å². The van der Waals surface area contributed by atoms with Crippen LogP contribution >= 0.6 is 0 Å². The molecule has 0 unspecified atom stereocenters. The maximum atomic E-state index is 12.1.